The molecule has 28 heavy (non-hydrogen) atoms. The number of pyridine rings is 1. The van der Waals surface area contributed by atoms with Crippen LogP contribution in [-0.2, 0) is 7.05 Å². The molecule has 0 aliphatic heterocycles. The number of aromatic nitrogens is 1. The Labute approximate surface area is 168 Å². The Hall–Kier alpha value is -3.13. The van der Waals surface area contributed by atoms with Crippen LogP contribution in [0.25, 0.3) is 22.8 Å². The molecule has 0 amide bonds. The van der Waals surface area contributed by atoms with E-state index in [1.807, 2.05) is 69.5 Å². The summed E-state index contributed by atoms with van der Waals surface area (Å²) < 4.78 is 1.71. The summed E-state index contributed by atoms with van der Waals surface area (Å²) >= 11 is 0. The molecule has 0 bridgehead atoms. The van der Waals surface area contributed by atoms with Crippen molar-refractivity contribution in [2.75, 3.05) is 0 Å². The van der Waals surface area contributed by atoms with Crippen molar-refractivity contribution in [3.05, 3.63) is 106 Å². The summed E-state index contributed by atoms with van der Waals surface area (Å²) in [5.74, 6) is 0. The van der Waals surface area contributed by atoms with Crippen molar-refractivity contribution in [2.24, 2.45) is 7.05 Å². The van der Waals surface area contributed by atoms with E-state index in [0.717, 1.165) is 28.0 Å². The molecular formula is C26H29NO. The molecule has 2 heteroatoms. The molecule has 2 aromatic rings. The summed E-state index contributed by atoms with van der Waals surface area (Å²) in [6.07, 6.45) is 9.71. The average Bonchev–Trinajstić information content (AvgIpc) is 2.69. The number of hydrogen-bond acceptors (Lipinski definition) is 1. The first-order chi connectivity index (χ1) is 13.3. The van der Waals surface area contributed by atoms with E-state index < -0.39 is 0 Å². The van der Waals surface area contributed by atoms with Crippen molar-refractivity contribution in [3.63, 3.8) is 0 Å². The number of allylic oxidation sites excluding steroid dienone is 7. The standard InChI is InChI=1S/C26H29NO/c1-8-21(9-2)16-15-19(5)24-25(22-13-11-10-12-14-22)23(17-18(3)4)20(6)27(7)26(24)28/h8-17H,1,5H2,2-4,6-7H3/b16-15+,21-9+. The first kappa shape index (κ1) is 21.2. The number of rotatable bonds is 6. The highest BCUT2D eigenvalue weighted by molar-refractivity contribution is 5.90. The second kappa shape index (κ2) is 9.18. The maximum absolute atomic E-state index is 13.3. The zero-order valence-electron chi connectivity index (χ0n) is 17.5. The lowest BCUT2D eigenvalue weighted by atomic mass is 9.89. The van der Waals surface area contributed by atoms with Crippen LogP contribution in [0.15, 0.2) is 83.7 Å². The van der Waals surface area contributed by atoms with Gasteiger partial charge in [0.15, 0.2) is 0 Å². The van der Waals surface area contributed by atoms with Crippen LogP contribution >= 0.6 is 0 Å². The van der Waals surface area contributed by atoms with Crippen molar-refractivity contribution in [3.8, 4) is 11.1 Å². The molecule has 2 nitrogen and oxygen atoms in total. The van der Waals surface area contributed by atoms with Gasteiger partial charge in [0.2, 0.25) is 0 Å². The lowest BCUT2D eigenvalue weighted by Gasteiger charge is -2.19. The predicted molar refractivity (Wildman–Crippen MR) is 123 cm³/mol. The quantitative estimate of drug-likeness (QED) is 0.532. The lowest BCUT2D eigenvalue weighted by molar-refractivity contribution is 0.813. The van der Waals surface area contributed by atoms with Gasteiger partial charge >= 0.3 is 0 Å². The van der Waals surface area contributed by atoms with Crippen LogP contribution in [0.1, 0.15) is 37.6 Å². The second-order valence-corrected chi connectivity index (χ2v) is 7.05. The Kier molecular flexibility index (Phi) is 6.94. The van der Waals surface area contributed by atoms with Gasteiger partial charge in [-0.1, -0.05) is 79.4 Å². The zero-order valence-corrected chi connectivity index (χ0v) is 17.5. The molecule has 0 atom stereocenters. The monoisotopic (exact) mass is 371 g/mol. The smallest absolute Gasteiger partial charge is 0.259 e. The molecule has 1 aromatic heterocycles. The highest BCUT2D eigenvalue weighted by atomic mass is 16.1. The molecule has 144 valence electrons. The third kappa shape index (κ3) is 4.40. The highest BCUT2D eigenvalue weighted by Crippen LogP contribution is 2.33. The molecule has 0 unspecified atom stereocenters. The number of benzene rings is 1. The molecule has 0 saturated carbocycles. The highest BCUT2D eigenvalue weighted by Gasteiger charge is 2.19. The Morgan fingerprint density at radius 1 is 1.11 bits per heavy atom. The summed E-state index contributed by atoms with van der Waals surface area (Å²) in [5.41, 5.74) is 7.35. The fourth-order valence-electron chi connectivity index (χ4n) is 3.15. The van der Waals surface area contributed by atoms with Crippen molar-refractivity contribution in [1.29, 1.82) is 0 Å². The first-order valence-corrected chi connectivity index (χ1v) is 9.41. The molecule has 1 aromatic carbocycles. The van der Waals surface area contributed by atoms with Crippen LogP contribution in [0.3, 0.4) is 0 Å². The van der Waals surface area contributed by atoms with Crippen molar-refractivity contribution in [2.45, 2.75) is 27.7 Å². The van der Waals surface area contributed by atoms with Gasteiger partial charge < -0.3 is 4.57 Å². The lowest BCUT2D eigenvalue weighted by Crippen LogP contribution is -2.25. The van der Waals surface area contributed by atoms with Gasteiger partial charge in [-0.2, -0.15) is 0 Å². The SMILES string of the molecule is C=CC(/C=C/C(=C)c1c(-c2ccccc2)c(C=C(C)C)c(C)n(C)c1=O)=C\C. The maximum Gasteiger partial charge on any atom is 0.259 e. The van der Waals surface area contributed by atoms with Gasteiger partial charge in [-0.05, 0) is 44.4 Å². The van der Waals surface area contributed by atoms with E-state index in [9.17, 15) is 4.79 Å². The zero-order chi connectivity index (χ0) is 20.8. The third-order valence-electron chi connectivity index (χ3n) is 4.79. The largest absolute Gasteiger partial charge is 0.315 e. The fourth-order valence-corrected chi connectivity index (χ4v) is 3.15. The topological polar surface area (TPSA) is 22.0 Å². The fraction of sp³-hybridized carbons (Fsp3) is 0.192. The van der Waals surface area contributed by atoms with Crippen LogP contribution in [0.5, 0.6) is 0 Å². The summed E-state index contributed by atoms with van der Waals surface area (Å²) in [4.78, 5) is 13.3. The van der Waals surface area contributed by atoms with Crippen LogP contribution in [-0.4, -0.2) is 4.57 Å². The number of nitrogens with zero attached hydrogens (tertiary/aromatic N) is 1. The van der Waals surface area contributed by atoms with Crippen molar-refractivity contribution in [1.82, 2.24) is 4.57 Å². The van der Waals surface area contributed by atoms with E-state index >= 15 is 0 Å². The maximum atomic E-state index is 13.3. The van der Waals surface area contributed by atoms with Gasteiger partial charge in [-0.25, -0.2) is 0 Å². The second-order valence-electron chi connectivity index (χ2n) is 7.05. The molecule has 0 aliphatic carbocycles. The normalized spacial score (nSPS) is 11.5. The van der Waals surface area contributed by atoms with E-state index in [1.54, 1.807) is 10.6 Å². The molecule has 0 radical (unpaired) electrons. The van der Waals surface area contributed by atoms with Gasteiger partial charge in [-0.3, -0.25) is 4.79 Å². The predicted octanol–water partition coefficient (Wildman–Crippen LogP) is 6.49. The summed E-state index contributed by atoms with van der Waals surface area (Å²) in [6, 6.07) is 10.0. The molecule has 0 N–H and O–H groups in total. The minimum absolute atomic E-state index is 0.0439. The van der Waals surface area contributed by atoms with E-state index in [-0.39, 0.29) is 5.56 Å². The van der Waals surface area contributed by atoms with Gasteiger partial charge in [0, 0.05) is 23.9 Å². The first-order valence-electron chi connectivity index (χ1n) is 9.41. The Morgan fingerprint density at radius 3 is 2.29 bits per heavy atom. The summed E-state index contributed by atoms with van der Waals surface area (Å²) in [7, 11) is 1.82. The van der Waals surface area contributed by atoms with Gasteiger partial charge in [-0.15, -0.1) is 0 Å². The van der Waals surface area contributed by atoms with Crippen LogP contribution in [0.2, 0.25) is 0 Å². The van der Waals surface area contributed by atoms with Crippen molar-refractivity contribution >= 4 is 11.6 Å². The minimum Gasteiger partial charge on any atom is -0.315 e. The molecule has 0 spiro atoms. The van der Waals surface area contributed by atoms with Gasteiger partial charge in [0.25, 0.3) is 5.56 Å². The number of hydrogen-bond donors (Lipinski definition) is 0. The molecule has 1 heterocycles. The Balaban J connectivity index is 2.90. The van der Waals surface area contributed by atoms with E-state index in [1.165, 1.54) is 5.57 Å². The Morgan fingerprint density at radius 2 is 1.75 bits per heavy atom. The van der Waals surface area contributed by atoms with Gasteiger partial charge in [0.05, 0.1) is 5.56 Å². The molecule has 0 aliphatic rings. The van der Waals surface area contributed by atoms with Crippen molar-refractivity contribution < 1.29 is 0 Å². The molecule has 0 fully saturated rings. The van der Waals surface area contributed by atoms with Crippen LogP contribution < -0.4 is 5.56 Å². The van der Waals surface area contributed by atoms with Gasteiger partial charge in [0.1, 0.15) is 0 Å². The molecule has 2 rings (SSSR count). The van der Waals surface area contributed by atoms with Crippen LogP contribution in [0.4, 0.5) is 0 Å². The van der Waals surface area contributed by atoms with Crippen LogP contribution in [0, 0.1) is 6.92 Å². The molecule has 0 saturated heterocycles. The van der Waals surface area contributed by atoms with E-state index in [2.05, 4.69) is 33.1 Å². The molecular weight excluding hydrogens is 342 g/mol. The van der Waals surface area contributed by atoms with E-state index in [4.69, 9.17) is 0 Å². The average molecular weight is 372 g/mol. The summed E-state index contributed by atoms with van der Waals surface area (Å²) in [5, 5.41) is 0. The minimum atomic E-state index is -0.0439. The Bertz CT molecular complexity index is 1040. The third-order valence-corrected chi connectivity index (χ3v) is 4.79. The summed E-state index contributed by atoms with van der Waals surface area (Å²) in [6.45, 7) is 16.1. The van der Waals surface area contributed by atoms with E-state index in [0.29, 0.717) is 11.1 Å².